The van der Waals surface area contributed by atoms with Crippen molar-refractivity contribution in [3.63, 3.8) is 0 Å². The highest BCUT2D eigenvalue weighted by molar-refractivity contribution is 5.76. The SMILES string of the molecule is CC(C)C(NCc1ccc(F)c([N+](=O)[O-])c1)C(=O)OC1CCCC1.O=Cc1ccc(F)c([N+](=O)[O-])c1. The minimum atomic E-state index is -0.939. The molecule has 1 N–H and O–H groups in total. The average Bonchev–Trinajstić information content (AvgIpc) is 3.33. The van der Waals surface area contributed by atoms with E-state index in [2.05, 4.69) is 5.32 Å². The number of carbonyl (C=O) groups excluding carboxylic acids is 2. The van der Waals surface area contributed by atoms with E-state index in [1.54, 1.807) is 0 Å². The third kappa shape index (κ3) is 8.15. The Kier molecular flexibility index (Phi) is 10.5. The number of nitrogens with zero attached hydrogens (tertiary/aromatic N) is 2. The Hall–Kier alpha value is -3.80. The van der Waals surface area contributed by atoms with Crippen molar-refractivity contribution in [2.75, 3.05) is 0 Å². The molecule has 1 atom stereocenters. The molecular formula is C24H27F2N3O7. The van der Waals surface area contributed by atoms with Crippen LogP contribution in [0.2, 0.25) is 0 Å². The van der Waals surface area contributed by atoms with E-state index in [4.69, 9.17) is 4.74 Å². The number of hydrogen-bond donors (Lipinski definition) is 1. The van der Waals surface area contributed by atoms with Crippen LogP contribution in [0.1, 0.15) is 55.5 Å². The van der Waals surface area contributed by atoms with Gasteiger partial charge in [0.05, 0.1) is 9.85 Å². The summed E-state index contributed by atoms with van der Waals surface area (Å²) in [5, 5.41) is 24.0. The molecule has 0 radical (unpaired) electrons. The van der Waals surface area contributed by atoms with Gasteiger partial charge in [-0.05, 0) is 55.4 Å². The summed E-state index contributed by atoms with van der Waals surface area (Å²) in [7, 11) is 0. The fourth-order valence-electron chi connectivity index (χ4n) is 3.61. The Bertz CT molecular complexity index is 1110. The first-order valence-electron chi connectivity index (χ1n) is 11.3. The molecule has 194 valence electrons. The lowest BCUT2D eigenvalue weighted by molar-refractivity contribution is -0.387. The summed E-state index contributed by atoms with van der Waals surface area (Å²) in [4.78, 5) is 41.8. The van der Waals surface area contributed by atoms with Gasteiger partial charge in [0, 0.05) is 24.2 Å². The maximum absolute atomic E-state index is 13.4. The van der Waals surface area contributed by atoms with Gasteiger partial charge in [0.15, 0.2) is 0 Å². The number of esters is 1. The molecule has 0 spiro atoms. The van der Waals surface area contributed by atoms with Crippen LogP contribution in [0.5, 0.6) is 0 Å². The third-order valence-electron chi connectivity index (χ3n) is 5.54. The van der Waals surface area contributed by atoms with Crippen LogP contribution in [0.4, 0.5) is 20.2 Å². The number of nitro benzene ring substituents is 2. The molecule has 3 rings (SSSR count). The zero-order valence-electron chi connectivity index (χ0n) is 19.8. The number of aldehydes is 1. The number of nitro groups is 2. The second-order valence-electron chi connectivity index (χ2n) is 8.57. The molecule has 1 fully saturated rings. The molecule has 2 aromatic rings. The Morgan fingerprint density at radius 2 is 1.61 bits per heavy atom. The number of hydrogen-bond acceptors (Lipinski definition) is 8. The molecule has 12 heteroatoms. The van der Waals surface area contributed by atoms with Crippen LogP contribution in [0.25, 0.3) is 0 Å². The summed E-state index contributed by atoms with van der Waals surface area (Å²) in [6, 6.07) is 6.17. The number of benzene rings is 2. The summed E-state index contributed by atoms with van der Waals surface area (Å²) in [6.45, 7) is 4.03. The zero-order chi connectivity index (χ0) is 26.8. The molecule has 36 heavy (non-hydrogen) atoms. The minimum absolute atomic E-state index is 0.00698. The second kappa shape index (κ2) is 13.3. The maximum atomic E-state index is 13.4. The van der Waals surface area contributed by atoms with Gasteiger partial charge in [-0.1, -0.05) is 19.9 Å². The van der Waals surface area contributed by atoms with Gasteiger partial charge in [-0.2, -0.15) is 8.78 Å². The van der Waals surface area contributed by atoms with Crippen LogP contribution in [-0.4, -0.2) is 34.2 Å². The lowest BCUT2D eigenvalue weighted by Crippen LogP contribution is -2.42. The molecule has 1 saturated carbocycles. The predicted octanol–water partition coefficient (Wildman–Crippen LogP) is 4.88. The Morgan fingerprint density at radius 1 is 1.06 bits per heavy atom. The van der Waals surface area contributed by atoms with Crippen LogP contribution in [0.15, 0.2) is 36.4 Å². The molecule has 1 unspecified atom stereocenters. The second-order valence-corrected chi connectivity index (χ2v) is 8.57. The summed E-state index contributed by atoms with van der Waals surface area (Å²) in [5.74, 6) is -2.10. The zero-order valence-corrected chi connectivity index (χ0v) is 19.8. The molecule has 0 aromatic heterocycles. The fourth-order valence-corrected chi connectivity index (χ4v) is 3.61. The first-order valence-corrected chi connectivity index (χ1v) is 11.3. The minimum Gasteiger partial charge on any atom is -0.461 e. The topological polar surface area (TPSA) is 142 Å². The van der Waals surface area contributed by atoms with Gasteiger partial charge in [-0.15, -0.1) is 0 Å². The molecule has 0 amide bonds. The van der Waals surface area contributed by atoms with Gasteiger partial charge < -0.3 is 10.1 Å². The number of carbonyl (C=O) groups is 2. The highest BCUT2D eigenvalue weighted by Crippen LogP contribution is 2.23. The van der Waals surface area contributed by atoms with Crippen LogP contribution >= 0.6 is 0 Å². The van der Waals surface area contributed by atoms with Crippen LogP contribution < -0.4 is 5.32 Å². The van der Waals surface area contributed by atoms with E-state index >= 15 is 0 Å². The largest absolute Gasteiger partial charge is 0.461 e. The molecule has 1 aliphatic rings. The predicted molar refractivity (Wildman–Crippen MR) is 125 cm³/mol. The van der Waals surface area contributed by atoms with Gasteiger partial charge in [-0.3, -0.25) is 29.8 Å². The number of rotatable bonds is 9. The van der Waals surface area contributed by atoms with E-state index in [9.17, 15) is 38.6 Å². The average molecular weight is 507 g/mol. The van der Waals surface area contributed by atoms with Crippen molar-refractivity contribution < 1.29 is 33.0 Å². The van der Waals surface area contributed by atoms with E-state index < -0.39 is 38.9 Å². The van der Waals surface area contributed by atoms with Crippen molar-refractivity contribution >= 4 is 23.6 Å². The molecule has 10 nitrogen and oxygen atoms in total. The fraction of sp³-hybridized carbons (Fsp3) is 0.417. The Morgan fingerprint density at radius 3 is 2.14 bits per heavy atom. The quantitative estimate of drug-likeness (QED) is 0.219. The molecule has 1 aliphatic carbocycles. The Labute approximate surface area is 205 Å². The third-order valence-corrected chi connectivity index (χ3v) is 5.54. The van der Waals surface area contributed by atoms with Crippen molar-refractivity contribution in [2.45, 2.75) is 58.2 Å². The standard InChI is InChI=1S/C17H23FN2O4.C7H4FNO3/c1-11(2)16(17(21)24-13-5-3-4-6-13)19-10-12-7-8-14(18)15(9-12)20(22)23;8-6-2-1-5(4-10)3-7(6)9(11)12/h7-9,11,13,16,19H,3-6,10H2,1-2H3;1-4H. The van der Waals surface area contributed by atoms with E-state index in [-0.39, 0.29) is 30.1 Å². The van der Waals surface area contributed by atoms with Crippen LogP contribution in [0.3, 0.4) is 0 Å². The van der Waals surface area contributed by atoms with Gasteiger partial charge in [0.2, 0.25) is 11.6 Å². The molecule has 0 saturated heterocycles. The normalized spacial score (nSPS) is 14.0. The summed E-state index contributed by atoms with van der Waals surface area (Å²) >= 11 is 0. The van der Waals surface area contributed by atoms with Crippen LogP contribution in [-0.2, 0) is 16.1 Å². The molecule has 0 aliphatic heterocycles. The Balaban J connectivity index is 0.000000319. The first kappa shape index (κ1) is 28.4. The van der Waals surface area contributed by atoms with Gasteiger partial charge in [-0.25, -0.2) is 0 Å². The molecular weight excluding hydrogens is 480 g/mol. The van der Waals surface area contributed by atoms with Gasteiger partial charge >= 0.3 is 17.3 Å². The van der Waals surface area contributed by atoms with E-state index in [0.717, 1.165) is 43.9 Å². The molecule has 0 bridgehead atoms. The summed E-state index contributed by atoms with van der Waals surface area (Å²) < 4.78 is 31.5. The highest BCUT2D eigenvalue weighted by atomic mass is 19.1. The number of ether oxygens (including phenoxy) is 1. The number of nitrogens with one attached hydrogen (secondary N) is 1. The molecule has 2 aromatic carbocycles. The van der Waals surface area contributed by atoms with Crippen LogP contribution in [0, 0.1) is 37.8 Å². The van der Waals surface area contributed by atoms with E-state index in [1.807, 2.05) is 13.8 Å². The van der Waals surface area contributed by atoms with Gasteiger partial charge in [0.25, 0.3) is 0 Å². The van der Waals surface area contributed by atoms with E-state index in [1.165, 1.54) is 18.2 Å². The van der Waals surface area contributed by atoms with Crippen molar-refractivity contribution in [1.29, 1.82) is 0 Å². The van der Waals surface area contributed by atoms with Crippen molar-refractivity contribution in [3.8, 4) is 0 Å². The lowest BCUT2D eigenvalue weighted by Gasteiger charge is -2.23. The van der Waals surface area contributed by atoms with Crippen molar-refractivity contribution in [2.24, 2.45) is 5.92 Å². The highest BCUT2D eigenvalue weighted by Gasteiger charge is 2.27. The maximum Gasteiger partial charge on any atom is 0.323 e. The summed E-state index contributed by atoms with van der Waals surface area (Å²) in [5.41, 5.74) is -0.617. The monoisotopic (exact) mass is 507 g/mol. The van der Waals surface area contributed by atoms with E-state index in [0.29, 0.717) is 11.8 Å². The summed E-state index contributed by atoms with van der Waals surface area (Å²) in [6.07, 6.45) is 4.38. The first-order chi connectivity index (χ1) is 17.0. The van der Waals surface area contributed by atoms with Crippen molar-refractivity contribution in [1.82, 2.24) is 5.32 Å². The van der Waals surface area contributed by atoms with Crippen molar-refractivity contribution in [3.05, 3.63) is 79.4 Å². The van der Waals surface area contributed by atoms with Gasteiger partial charge in [0.1, 0.15) is 18.4 Å². The smallest absolute Gasteiger partial charge is 0.323 e. The molecule has 0 heterocycles. The lowest BCUT2D eigenvalue weighted by atomic mass is 10.0. The number of halogens is 2.